The summed E-state index contributed by atoms with van der Waals surface area (Å²) >= 11 is 0. The van der Waals surface area contributed by atoms with E-state index < -0.39 is 0 Å². The second kappa shape index (κ2) is 6.32. The van der Waals surface area contributed by atoms with E-state index >= 15 is 0 Å². The highest BCUT2D eigenvalue weighted by molar-refractivity contribution is 5.79. The Bertz CT molecular complexity index is 840. The summed E-state index contributed by atoms with van der Waals surface area (Å²) < 4.78 is 22.0. The summed E-state index contributed by atoms with van der Waals surface area (Å²) in [6, 6.07) is 5.64. The minimum atomic E-state index is 0.0864. The standard InChI is InChI=1S/C19H20N2O5/c22-18(8-12-1-2-16-17(7-12)25-11-24-16)21-5-3-15-14(9-21)20-19(26-15)13-4-6-23-10-13/h1-2,7,13H,3-6,8-11H2. The molecule has 0 saturated carbocycles. The van der Waals surface area contributed by atoms with Gasteiger partial charge in [-0.1, -0.05) is 6.07 Å². The first-order chi connectivity index (χ1) is 12.8. The zero-order chi connectivity index (χ0) is 17.5. The van der Waals surface area contributed by atoms with Gasteiger partial charge in [-0.3, -0.25) is 4.79 Å². The maximum atomic E-state index is 12.7. The molecule has 4 heterocycles. The summed E-state index contributed by atoms with van der Waals surface area (Å²) in [4.78, 5) is 19.2. The second-order valence-electron chi connectivity index (χ2n) is 6.91. The topological polar surface area (TPSA) is 74.0 Å². The van der Waals surface area contributed by atoms with Crippen molar-refractivity contribution in [2.24, 2.45) is 0 Å². The van der Waals surface area contributed by atoms with Gasteiger partial charge >= 0.3 is 0 Å². The van der Waals surface area contributed by atoms with Gasteiger partial charge in [-0.2, -0.15) is 0 Å². The zero-order valence-electron chi connectivity index (χ0n) is 14.4. The first-order valence-electron chi connectivity index (χ1n) is 8.99. The van der Waals surface area contributed by atoms with Crippen molar-refractivity contribution < 1.29 is 23.4 Å². The van der Waals surface area contributed by atoms with Crippen LogP contribution in [0.25, 0.3) is 0 Å². The molecule has 0 N–H and O–H groups in total. The van der Waals surface area contributed by atoms with Gasteiger partial charge < -0.3 is 23.5 Å². The Balaban J connectivity index is 1.27. The normalized spacial score (nSPS) is 21.1. The van der Waals surface area contributed by atoms with Crippen molar-refractivity contribution in [3.05, 3.63) is 41.1 Å². The molecule has 3 aliphatic rings. The van der Waals surface area contributed by atoms with Crippen molar-refractivity contribution in [2.75, 3.05) is 26.6 Å². The molecule has 1 unspecified atom stereocenters. The third-order valence-electron chi connectivity index (χ3n) is 5.17. The number of ether oxygens (including phenoxy) is 3. The van der Waals surface area contributed by atoms with Crippen LogP contribution in [0.1, 0.15) is 35.2 Å². The van der Waals surface area contributed by atoms with Gasteiger partial charge in [0.25, 0.3) is 0 Å². The first kappa shape index (κ1) is 15.7. The van der Waals surface area contributed by atoms with E-state index in [0.29, 0.717) is 38.3 Å². The van der Waals surface area contributed by atoms with Crippen LogP contribution in [0.2, 0.25) is 0 Å². The van der Waals surface area contributed by atoms with Crippen molar-refractivity contribution in [2.45, 2.75) is 31.7 Å². The molecular formula is C19H20N2O5. The van der Waals surface area contributed by atoms with E-state index in [2.05, 4.69) is 4.98 Å². The highest BCUT2D eigenvalue weighted by Crippen LogP contribution is 2.33. The van der Waals surface area contributed by atoms with E-state index in [4.69, 9.17) is 18.6 Å². The molecule has 1 saturated heterocycles. The smallest absolute Gasteiger partial charge is 0.231 e. The van der Waals surface area contributed by atoms with Gasteiger partial charge in [0.2, 0.25) is 12.7 Å². The molecule has 7 heteroatoms. The zero-order valence-corrected chi connectivity index (χ0v) is 14.4. The molecule has 7 nitrogen and oxygen atoms in total. The fourth-order valence-corrected chi connectivity index (χ4v) is 3.67. The molecule has 0 aliphatic carbocycles. The number of hydrogen-bond donors (Lipinski definition) is 0. The van der Waals surface area contributed by atoms with E-state index in [1.54, 1.807) is 0 Å². The molecule has 1 atom stereocenters. The Morgan fingerprint density at radius 3 is 3.08 bits per heavy atom. The molecule has 1 aromatic carbocycles. The van der Waals surface area contributed by atoms with E-state index in [-0.39, 0.29) is 18.6 Å². The van der Waals surface area contributed by atoms with E-state index in [0.717, 1.165) is 41.7 Å². The largest absolute Gasteiger partial charge is 0.454 e. The van der Waals surface area contributed by atoms with Crippen molar-refractivity contribution in [3.63, 3.8) is 0 Å². The summed E-state index contributed by atoms with van der Waals surface area (Å²) in [5.41, 5.74) is 1.81. The fraction of sp³-hybridized carbons (Fsp3) is 0.474. The number of oxazole rings is 1. The van der Waals surface area contributed by atoms with Gasteiger partial charge in [-0.15, -0.1) is 0 Å². The Morgan fingerprint density at radius 2 is 2.19 bits per heavy atom. The number of hydrogen-bond acceptors (Lipinski definition) is 6. The Morgan fingerprint density at radius 1 is 1.27 bits per heavy atom. The number of carbonyl (C=O) groups excluding carboxylic acids is 1. The van der Waals surface area contributed by atoms with Gasteiger partial charge in [0, 0.05) is 19.6 Å². The summed E-state index contributed by atoms with van der Waals surface area (Å²) in [5.74, 6) is 3.45. The molecule has 0 spiro atoms. The molecule has 1 amide bonds. The lowest BCUT2D eigenvalue weighted by molar-refractivity contribution is -0.131. The molecule has 136 valence electrons. The number of fused-ring (bicyclic) bond motifs is 2. The number of nitrogens with zero attached hydrogens (tertiary/aromatic N) is 2. The van der Waals surface area contributed by atoms with Crippen LogP contribution >= 0.6 is 0 Å². The monoisotopic (exact) mass is 356 g/mol. The SMILES string of the molecule is O=C(Cc1ccc2c(c1)OCO2)N1CCc2oc(C3CCOC3)nc2C1. The number of aromatic nitrogens is 1. The average molecular weight is 356 g/mol. The maximum absolute atomic E-state index is 12.7. The molecule has 1 aromatic heterocycles. The van der Waals surface area contributed by atoms with E-state index in [1.165, 1.54) is 0 Å². The quantitative estimate of drug-likeness (QED) is 0.838. The predicted molar refractivity (Wildman–Crippen MR) is 90.1 cm³/mol. The lowest BCUT2D eigenvalue weighted by Gasteiger charge is -2.25. The summed E-state index contributed by atoms with van der Waals surface area (Å²) in [6.07, 6.45) is 2.00. The van der Waals surface area contributed by atoms with Crippen molar-refractivity contribution in [3.8, 4) is 11.5 Å². The van der Waals surface area contributed by atoms with Crippen molar-refractivity contribution in [1.29, 1.82) is 0 Å². The number of rotatable bonds is 3. The van der Waals surface area contributed by atoms with Crippen LogP contribution in [0.5, 0.6) is 11.5 Å². The minimum Gasteiger partial charge on any atom is -0.454 e. The van der Waals surface area contributed by atoms with Gasteiger partial charge in [0.05, 0.1) is 25.5 Å². The first-order valence-corrected chi connectivity index (χ1v) is 8.99. The van der Waals surface area contributed by atoms with Gasteiger partial charge in [-0.05, 0) is 24.1 Å². The van der Waals surface area contributed by atoms with Gasteiger partial charge in [0.15, 0.2) is 17.4 Å². The molecule has 1 fully saturated rings. The van der Waals surface area contributed by atoms with Crippen LogP contribution in [0.3, 0.4) is 0 Å². The van der Waals surface area contributed by atoms with E-state index in [9.17, 15) is 4.79 Å². The molecule has 26 heavy (non-hydrogen) atoms. The van der Waals surface area contributed by atoms with Gasteiger partial charge in [-0.25, -0.2) is 4.98 Å². The Hall–Kier alpha value is -2.54. The second-order valence-corrected chi connectivity index (χ2v) is 6.91. The van der Waals surface area contributed by atoms with Gasteiger partial charge in [0.1, 0.15) is 11.5 Å². The van der Waals surface area contributed by atoms with Crippen LogP contribution in [0.15, 0.2) is 22.6 Å². The summed E-state index contributed by atoms with van der Waals surface area (Å²) in [7, 11) is 0. The fourth-order valence-electron chi connectivity index (χ4n) is 3.67. The number of carbonyl (C=O) groups is 1. The van der Waals surface area contributed by atoms with Crippen LogP contribution < -0.4 is 9.47 Å². The highest BCUT2D eigenvalue weighted by atomic mass is 16.7. The maximum Gasteiger partial charge on any atom is 0.231 e. The predicted octanol–water partition coefficient (Wildman–Crippen LogP) is 2.03. The van der Waals surface area contributed by atoms with E-state index in [1.807, 2.05) is 23.1 Å². The summed E-state index contributed by atoms with van der Waals surface area (Å²) in [5, 5.41) is 0. The highest BCUT2D eigenvalue weighted by Gasteiger charge is 2.29. The molecule has 3 aliphatic heterocycles. The number of amides is 1. The lowest BCUT2D eigenvalue weighted by Crippen LogP contribution is -2.36. The van der Waals surface area contributed by atoms with Crippen LogP contribution in [0.4, 0.5) is 0 Å². The van der Waals surface area contributed by atoms with Crippen molar-refractivity contribution in [1.82, 2.24) is 9.88 Å². The minimum absolute atomic E-state index is 0.0864. The third-order valence-corrected chi connectivity index (χ3v) is 5.17. The van der Waals surface area contributed by atoms with Crippen LogP contribution in [-0.2, 0) is 28.9 Å². The lowest BCUT2D eigenvalue weighted by atomic mass is 10.1. The Kier molecular flexibility index (Phi) is 3.81. The summed E-state index contributed by atoms with van der Waals surface area (Å²) in [6.45, 7) is 2.84. The van der Waals surface area contributed by atoms with Crippen LogP contribution in [-0.4, -0.2) is 42.3 Å². The Labute approximate surface area is 150 Å². The molecule has 2 aromatic rings. The third kappa shape index (κ3) is 2.82. The molecule has 0 radical (unpaired) electrons. The number of benzene rings is 1. The molecule has 5 rings (SSSR count). The molecular weight excluding hydrogens is 336 g/mol. The van der Waals surface area contributed by atoms with Crippen LogP contribution in [0, 0.1) is 0 Å². The average Bonchev–Trinajstić information content (AvgIpc) is 3.39. The van der Waals surface area contributed by atoms with Crippen molar-refractivity contribution >= 4 is 5.91 Å². The molecule has 0 bridgehead atoms.